The molecule has 2 heterocycles. The van der Waals surface area contributed by atoms with E-state index in [1.54, 1.807) is 0 Å². The Balaban J connectivity index is 1.72. The largest absolute Gasteiger partial charge is 0.335 e. The number of fused-ring (bicyclic) bond motifs is 3. The first-order valence-electron chi connectivity index (χ1n) is 10.9. The maximum atomic E-state index is 5.03. The summed E-state index contributed by atoms with van der Waals surface area (Å²) < 4.78 is 2.40. The number of hydrogen-bond acceptors (Lipinski definition) is 1. The van der Waals surface area contributed by atoms with E-state index in [1.165, 1.54) is 33.0 Å². The van der Waals surface area contributed by atoms with E-state index in [9.17, 15) is 0 Å². The van der Waals surface area contributed by atoms with E-state index >= 15 is 0 Å². The van der Waals surface area contributed by atoms with Crippen molar-refractivity contribution < 1.29 is 0 Å². The van der Waals surface area contributed by atoms with Crippen molar-refractivity contribution in [2.24, 2.45) is 0 Å². The lowest BCUT2D eigenvalue weighted by Crippen LogP contribution is -2.00. The molecule has 0 saturated heterocycles. The second kappa shape index (κ2) is 7.82. The Bertz CT molecular complexity index is 1520. The summed E-state index contributed by atoms with van der Waals surface area (Å²) in [5, 5.41) is 2.52. The molecule has 0 atom stereocenters. The summed E-state index contributed by atoms with van der Waals surface area (Å²) in [7, 11) is 0. The molecular weight excluding hydrogens is 388 g/mol. The van der Waals surface area contributed by atoms with Crippen LogP contribution in [0, 0.1) is 0 Å². The third-order valence-corrected chi connectivity index (χ3v) is 6.11. The van der Waals surface area contributed by atoms with Crippen LogP contribution >= 0.6 is 0 Å². The third-order valence-electron chi connectivity index (χ3n) is 6.11. The zero-order chi connectivity index (χ0) is 21.3. The van der Waals surface area contributed by atoms with E-state index in [0.29, 0.717) is 0 Å². The number of rotatable bonds is 4. The Kier molecular flexibility index (Phi) is 4.54. The van der Waals surface area contributed by atoms with Crippen LogP contribution in [0.2, 0.25) is 0 Å². The van der Waals surface area contributed by atoms with Gasteiger partial charge in [-0.1, -0.05) is 109 Å². The smallest absolute Gasteiger partial charge is 0.0788 e. The van der Waals surface area contributed by atoms with Crippen LogP contribution in [0.25, 0.3) is 44.2 Å². The Morgan fingerprint density at radius 2 is 1.16 bits per heavy atom. The standard InChI is InChI=1S/C30H22N2/c1-4-12-22(13-5-1)21-32-26-19-11-10-18-25(26)29-27(32)20-31-30(24-16-8-3-9-17-24)28(29)23-14-6-2-7-15-23/h1-20H,21H2. The summed E-state index contributed by atoms with van der Waals surface area (Å²) in [6, 6.07) is 40.5. The molecule has 32 heavy (non-hydrogen) atoms. The zero-order valence-corrected chi connectivity index (χ0v) is 17.6. The van der Waals surface area contributed by atoms with Crippen molar-refractivity contribution in [2.45, 2.75) is 6.54 Å². The van der Waals surface area contributed by atoms with Gasteiger partial charge in [-0.25, -0.2) is 0 Å². The average Bonchev–Trinajstić information content (AvgIpc) is 3.19. The first kappa shape index (κ1) is 18.6. The summed E-state index contributed by atoms with van der Waals surface area (Å²) >= 11 is 0. The van der Waals surface area contributed by atoms with Crippen LogP contribution in [-0.2, 0) is 6.54 Å². The summed E-state index contributed by atoms with van der Waals surface area (Å²) in [4.78, 5) is 5.03. The van der Waals surface area contributed by atoms with Crippen molar-refractivity contribution in [1.82, 2.24) is 9.55 Å². The van der Waals surface area contributed by atoms with Crippen molar-refractivity contribution in [3.05, 3.63) is 127 Å². The van der Waals surface area contributed by atoms with Gasteiger partial charge in [0.15, 0.2) is 0 Å². The SMILES string of the molecule is c1ccc(Cn2c3ccccc3c3c(-c4ccccc4)c(-c4ccccc4)ncc32)cc1. The second-order valence-corrected chi connectivity index (χ2v) is 8.06. The van der Waals surface area contributed by atoms with Crippen LogP contribution in [-0.4, -0.2) is 9.55 Å². The molecule has 2 heteroatoms. The summed E-state index contributed by atoms with van der Waals surface area (Å²) in [6.07, 6.45) is 2.05. The number of pyridine rings is 1. The first-order valence-corrected chi connectivity index (χ1v) is 10.9. The minimum absolute atomic E-state index is 0.811. The molecule has 0 saturated carbocycles. The molecule has 0 aliphatic carbocycles. The molecule has 152 valence electrons. The first-order chi connectivity index (χ1) is 15.9. The molecule has 0 fully saturated rings. The van der Waals surface area contributed by atoms with Gasteiger partial charge in [0, 0.05) is 34.0 Å². The van der Waals surface area contributed by atoms with Crippen LogP contribution < -0.4 is 0 Å². The molecule has 0 unspecified atom stereocenters. The molecule has 0 radical (unpaired) electrons. The van der Waals surface area contributed by atoms with Gasteiger partial charge in [-0.15, -0.1) is 0 Å². The van der Waals surface area contributed by atoms with Crippen LogP contribution in [0.1, 0.15) is 5.56 Å². The van der Waals surface area contributed by atoms with E-state index in [-0.39, 0.29) is 0 Å². The highest BCUT2D eigenvalue weighted by Crippen LogP contribution is 2.41. The number of aromatic nitrogens is 2. The highest BCUT2D eigenvalue weighted by Gasteiger charge is 2.19. The Morgan fingerprint density at radius 1 is 0.562 bits per heavy atom. The van der Waals surface area contributed by atoms with Crippen molar-refractivity contribution in [2.75, 3.05) is 0 Å². The third kappa shape index (κ3) is 3.09. The average molecular weight is 411 g/mol. The maximum Gasteiger partial charge on any atom is 0.0788 e. The van der Waals surface area contributed by atoms with Crippen LogP contribution in [0.15, 0.2) is 121 Å². The van der Waals surface area contributed by atoms with Gasteiger partial charge in [0.2, 0.25) is 0 Å². The molecule has 0 amide bonds. The topological polar surface area (TPSA) is 17.8 Å². The molecule has 0 spiro atoms. The van der Waals surface area contributed by atoms with E-state index in [0.717, 1.165) is 23.3 Å². The van der Waals surface area contributed by atoms with Crippen LogP contribution in [0.3, 0.4) is 0 Å². The number of benzene rings is 4. The molecule has 0 N–H and O–H groups in total. The second-order valence-electron chi connectivity index (χ2n) is 8.06. The highest BCUT2D eigenvalue weighted by atomic mass is 15.0. The van der Waals surface area contributed by atoms with Gasteiger partial charge in [0.25, 0.3) is 0 Å². The minimum atomic E-state index is 0.811. The van der Waals surface area contributed by atoms with Gasteiger partial charge < -0.3 is 4.57 Å². The molecular formula is C30H22N2. The van der Waals surface area contributed by atoms with E-state index in [2.05, 4.69) is 120 Å². The van der Waals surface area contributed by atoms with Crippen molar-refractivity contribution in [3.63, 3.8) is 0 Å². The van der Waals surface area contributed by atoms with E-state index < -0.39 is 0 Å². The Hall–Kier alpha value is -4.17. The summed E-state index contributed by atoms with van der Waals surface area (Å²) in [6.45, 7) is 0.811. The number of nitrogens with zero attached hydrogens (tertiary/aromatic N) is 2. The predicted octanol–water partition coefficient (Wildman–Crippen LogP) is 7.57. The molecule has 2 aromatic heterocycles. The molecule has 4 aromatic carbocycles. The molecule has 0 aliphatic heterocycles. The van der Waals surface area contributed by atoms with Gasteiger partial charge in [0.05, 0.1) is 17.4 Å². The van der Waals surface area contributed by atoms with Gasteiger partial charge in [-0.2, -0.15) is 0 Å². The number of hydrogen-bond donors (Lipinski definition) is 0. The lowest BCUT2D eigenvalue weighted by atomic mass is 9.95. The fourth-order valence-corrected chi connectivity index (χ4v) is 4.67. The summed E-state index contributed by atoms with van der Waals surface area (Å²) in [5.74, 6) is 0. The lowest BCUT2D eigenvalue weighted by molar-refractivity contribution is 0.867. The van der Waals surface area contributed by atoms with Gasteiger partial charge in [-0.05, 0) is 17.2 Å². The van der Waals surface area contributed by atoms with Crippen molar-refractivity contribution >= 4 is 21.8 Å². The van der Waals surface area contributed by atoms with Gasteiger partial charge >= 0.3 is 0 Å². The zero-order valence-electron chi connectivity index (χ0n) is 17.6. The van der Waals surface area contributed by atoms with E-state index in [4.69, 9.17) is 4.98 Å². The lowest BCUT2D eigenvalue weighted by Gasteiger charge is -2.13. The molecule has 0 aliphatic rings. The minimum Gasteiger partial charge on any atom is -0.335 e. The monoisotopic (exact) mass is 410 g/mol. The normalized spacial score (nSPS) is 11.2. The van der Waals surface area contributed by atoms with Gasteiger partial charge in [-0.3, -0.25) is 4.98 Å². The Labute approximate surface area is 187 Å². The quantitative estimate of drug-likeness (QED) is 0.293. The van der Waals surface area contributed by atoms with Gasteiger partial charge in [0.1, 0.15) is 0 Å². The highest BCUT2D eigenvalue weighted by molar-refractivity contribution is 6.17. The molecule has 6 aromatic rings. The molecule has 6 rings (SSSR count). The predicted molar refractivity (Wildman–Crippen MR) is 134 cm³/mol. The fourth-order valence-electron chi connectivity index (χ4n) is 4.67. The van der Waals surface area contributed by atoms with Crippen molar-refractivity contribution in [3.8, 4) is 22.4 Å². The van der Waals surface area contributed by atoms with Crippen LogP contribution in [0.4, 0.5) is 0 Å². The van der Waals surface area contributed by atoms with Crippen LogP contribution in [0.5, 0.6) is 0 Å². The molecule has 2 nitrogen and oxygen atoms in total. The van der Waals surface area contributed by atoms with E-state index in [1.807, 2.05) is 6.20 Å². The summed E-state index contributed by atoms with van der Waals surface area (Å²) in [5.41, 5.74) is 8.21. The van der Waals surface area contributed by atoms with Crippen molar-refractivity contribution in [1.29, 1.82) is 0 Å². The Morgan fingerprint density at radius 3 is 1.88 bits per heavy atom. The molecule has 0 bridgehead atoms. The maximum absolute atomic E-state index is 5.03. The fraction of sp³-hybridized carbons (Fsp3) is 0.0333. The number of para-hydroxylation sites is 1.